The number of halogens is 1. The van der Waals surface area contributed by atoms with Crippen molar-refractivity contribution in [1.82, 2.24) is 9.97 Å². The van der Waals surface area contributed by atoms with Crippen LogP contribution in [0.3, 0.4) is 0 Å². The number of hydrogen-bond acceptors (Lipinski definition) is 4. The maximum Gasteiger partial charge on any atom is 0.265 e. The fourth-order valence-corrected chi connectivity index (χ4v) is 1.48. The highest BCUT2D eigenvalue weighted by molar-refractivity contribution is 6.31. The smallest absolute Gasteiger partial charge is 0.265 e. The number of carbonyl (C=O) groups is 1. The van der Waals surface area contributed by atoms with Gasteiger partial charge in [-0.3, -0.25) is 9.69 Å². The second-order valence-corrected chi connectivity index (χ2v) is 3.31. The number of ether oxygens (including phenoxy) is 1. The van der Waals surface area contributed by atoms with Crippen LogP contribution < -0.4 is 9.64 Å². The summed E-state index contributed by atoms with van der Waals surface area (Å²) in [5, 5.41) is 0.242. The first-order valence-corrected chi connectivity index (χ1v) is 4.41. The Morgan fingerprint density at radius 2 is 2.21 bits per heavy atom. The molecule has 5 nitrogen and oxygen atoms in total. The molecule has 0 spiro atoms. The van der Waals surface area contributed by atoms with Gasteiger partial charge in [-0.15, -0.1) is 0 Å². The molecule has 1 aromatic rings. The molecule has 1 aromatic heterocycles. The Morgan fingerprint density at radius 1 is 1.50 bits per heavy atom. The van der Waals surface area contributed by atoms with Crippen molar-refractivity contribution in [3.05, 3.63) is 11.0 Å². The summed E-state index contributed by atoms with van der Waals surface area (Å²) < 4.78 is 5.14. The molecule has 2 rings (SSSR count). The third-order valence-corrected chi connectivity index (χ3v) is 2.21. The molecule has 0 aliphatic carbocycles. The Labute approximate surface area is 85.7 Å². The molecule has 0 bridgehead atoms. The number of anilines is 1. The van der Waals surface area contributed by atoms with Crippen LogP contribution in [-0.4, -0.2) is 29.5 Å². The average molecular weight is 214 g/mol. The highest BCUT2D eigenvalue weighted by Crippen LogP contribution is 2.34. The molecule has 0 N–H and O–H groups in total. The van der Waals surface area contributed by atoms with Crippen molar-refractivity contribution in [1.29, 1.82) is 0 Å². The lowest BCUT2D eigenvalue weighted by Crippen LogP contribution is -2.36. The molecular weight excluding hydrogens is 206 g/mol. The lowest BCUT2D eigenvalue weighted by atomic mass is 10.4. The van der Waals surface area contributed by atoms with Gasteiger partial charge in [0.1, 0.15) is 5.82 Å². The summed E-state index contributed by atoms with van der Waals surface area (Å²) in [6.07, 6.45) is 0. The van der Waals surface area contributed by atoms with Crippen LogP contribution in [0.25, 0.3) is 0 Å². The van der Waals surface area contributed by atoms with E-state index in [-0.39, 0.29) is 17.7 Å². The zero-order chi connectivity index (χ0) is 10.3. The molecule has 74 valence electrons. The third kappa shape index (κ3) is 1.29. The van der Waals surface area contributed by atoms with Gasteiger partial charge in [-0.05, 0) is 6.92 Å². The van der Waals surface area contributed by atoms with E-state index in [2.05, 4.69) is 9.97 Å². The maximum absolute atomic E-state index is 11.3. The quantitative estimate of drug-likeness (QED) is 0.598. The number of carbonyl (C=O) groups excluding carboxylic acids is 1. The van der Waals surface area contributed by atoms with E-state index in [1.807, 2.05) is 0 Å². The van der Waals surface area contributed by atoms with Gasteiger partial charge in [-0.1, -0.05) is 11.6 Å². The second kappa shape index (κ2) is 3.09. The lowest BCUT2D eigenvalue weighted by molar-refractivity contribution is -0.121. The van der Waals surface area contributed by atoms with Crippen LogP contribution >= 0.6 is 11.6 Å². The van der Waals surface area contributed by atoms with Gasteiger partial charge in [0.25, 0.3) is 5.91 Å². The summed E-state index contributed by atoms with van der Waals surface area (Å²) in [4.78, 5) is 20.7. The Morgan fingerprint density at radius 3 is 2.93 bits per heavy atom. The Balaban J connectivity index is 2.59. The molecule has 0 unspecified atom stereocenters. The van der Waals surface area contributed by atoms with Gasteiger partial charge in [0.2, 0.25) is 0 Å². The number of aromatic nitrogens is 2. The predicted molar refractivity (Wildman–Crippen MR) is 50.7 cm³/mol. The summed E-state index contributed by atoms with van der Waals surface area (Å²) in [5.74, 6) is 1.17. The van der Waals surface area contributed by atoms with Crippen LogP contribution in [0.5, 0.6) is 5.75 Å². The number of amides is 1. The van der Waals surface area contributed by atoms with Gasteiger partial charge in [0.15, 0.2) is 23.3 Å². The van der Waals surface area contributed by atoms with Crippen molar-refractivity contribution in [3.8, 4) is 5.75 Å². The van der Waals surface area contributed by atoms with Gasteiger partial charge < -0.3 is 4.74 Å². The van der Waals surface area contributed by atoms with Crippen molar-refractivity contribution in [2.24, 2.45) is 0 Å². The van der Waals surface area contributed by atoms with Crippen LogP contribution in [-0.2, 0) is 4.79 Å². The molecule has 2 heterocycles. The van der Waals surface area contributed by atoms with Gasteiger partial charge in [0, 0.05) is 7.05 Å². The van der Waals surface area contributed by atoms with E-state index in [0.29, 0.717) is 17.4 Å². The van der Waals surface area contributed by atoms with E-state index in [4.69, 9.17) is 16.3 Å². The van der Waals surface area contributed by atoms with E-state index < -0.39 is 0 Å². The number of aryl methyl sites for hydroxylation is 1. The van der Waals surface area contributed by atoms with E-state index in [1.54, 1.807) is 14.0 Å². The van der Waals surface area contributed by atoms with Crippen LogP contribution in [0.15, 0.2) is 0 Å². The number of nitrogens with zero attached hydrogens (tertiary/aromatic N) is 3. The number of hydrogen-bond donors (Lipinski definition) is 0. The maximum atomic E-state index is 11.3. The summed E-state index contributed by atoms with van der Waals surface area (Å²) in [6, 6.07) is 0. The topological polar surface area (TPSA) is 55.3 Å². The molecule has 6 heteroatoms. The lowest BCUT2D eigenvalue weighted by Gasteiger charge is -2.24. The predicted octanol–water partition coefficient (Wildman–Crippen LogP) is 0.794. The minimum Gasteiger partial charge on any atom is -0.477 e. The third-order valence-electron chi connectivity index (χ3n) is 1.95. The highest BCUT2D eigenvalue weighted by Gasteiger charge is 2.26. The minimum atomic E-state index is -0.147. The standard InChI is InChI=1S/C8H8ClN3O2/c1-4-10-7(9)6-8(11-4)12(2)5(13)3-14-6/h3H2,1-2H3. The summed E-state index contributed by atoms with van der Waals surface area (Å²) in [6.45, 7) is 1.69. The van der Waals surface area contributed by atoms with E-state index in [0.717, 1.165) is 0 Å². The highest BCUT2D eigenvalue weighted by atomic mass is 35.5. The first kappa shape index (κ1) is 9.21. The second-order valence-electron chi connectivity index (χ2n) is 2.96. The van der Waals surface area contributed by atoms with Gasteiger partial charge in [-0.2, -0.15) is 0 Å². The Kier molecular flexibility index (Phi) is 2.03. The molecule has 0 saturated heterocycles. The average Bonchev–Trinajstić information content (AvgIpc) is 2.12. The molecule has 0 saturated carbocycles. The molecule has 0 aromatic carbocycles. The first-order chi connectivity index (χ1) is 6.59. The zero-order valence-corrected chi connectivity index (χ0v) is 8.50. The fraction of sp³-hybridized carbons (Fsp3) is 0.375. The molecule has 14 heavy (non-hydrogen) atoms. The largest absolute Gasteiger partial charge is 0.477 e. The Hall–Kier alpha value is -1.36. The minimum absolute atomic E-state index is 0.0182. The van der Waals surface area contributed by atoms with E-state index in [9.17, 15) is 4.79 Å². The Bertz CT molecular complexity index is 408. The number of rotatable bonds is 0. The van der Waals surface area contributed by atoms with Crippen molar-refractivity contribution in [3.63, 3.8) is 0 Å². The normalized spacial score (nSPS) is 15.1. The number of fused-ring (bicyclic) bond motifs is 1. The molecule has 1 aliphatic heterocycles. The van der Waals surface area contributed by atoms with Crippen LogP contribution in [0.2, 0.25) is 5.15 Å². The van der Waals surface area contributed by atoms with E-state index in [1.165, 1.54) is 4.90 Å². The SMILES string of the molecule is Cc1nc(Cl)c2c(n1)N(C)C(=O)CO2. The van der Waals surface area contributed by atoms with Crippen molar-refractivity contribution in [2.45, 2.75) is 6.92 Å². The fourth-order valence-electron chi connectivity index (χ4n) is 1.21. The molecule has 0 radical (unpaired) electrons. The van der Waals surface area contributed by atoms with Crippen LogP contribution in [0.1, 0.15) is 5.82 Å². The monoisotopic (exact) mass is 213 g/mol. The van der Waals surface area contributed by atoms with Gasteiger partial charge >= 0.3 is 0 Å². The van der Waals surface area contributed by atoms with Gasteiger partial charge in [-0.25, -0.2) is 9.97 Å². The molecular formula is C8H8ClN3O2. The summed E-state index contributed by atoms with van der Waals surface area (Å²) >= 11 is 5.85. The molecule has 1 aliphatic rings. The zero-order valence-electron chi connectivity index (χ0n) is 7.74. The van der Waals surface area contributed by atoms with Crippen molar-refractivity contribution < 1.29 is 9.53 Å². The first-order valence-electron chi connectivity index (χ1n) is 4.03. The molecule has 0 fully saturated rings. The molecule has 0 atom stereocenters. The van der Waals surface area contributed by atoms with Crippen molar-refractivity contribution in [2.75, 3.05) is 18.6 Å². The van der Waals surface area contributed by atoms with Crippen LogP contribution in [0, 0.1) is 6.92 Å². The van der Waals surface area contributed by atoms with Gasteiger partial charge in [0.05, 0.1) is 0 Å². The number of likely N-dealkylation sites (N-methyl/N-ethyl adjacent to an activating group) is 1. The summed E-state index contributed by atoms with van der Waals surface area (Å²) in [7, 11) is 1.63. The summed E-state index contributed by atoms with van der Waals surface area (Å²) in [5.41, 5.74) is 0. The van der Waals surface area contributed by atoms with Crippen molar-refractivity contribution >= 4 is 23.3 Å². The molecule has 1 amide bonds. The van der Waals surface area contributed by atoms with E-state index >= 15 is 0 Å². The van der Waals surface area contributed by atoms with Crippen LogP contribution in [0.4, 0.5) is 5.82 Å².